The zero-order valence-electron chi connectivity index (χ0n) is 13.2. The van der Waals surface area contributed by atoms with Gasteiger partial charge in [0, 0.05) is 44.1 Å². The maximum absolute atomic E-state index is 11.6. The molecule has 1 aromatic rings. The monoisotopic (exact) mass is 328 g/mol. The summed E-state index contributed by atoms with van der Waals surface area (Å²) in [6.07, 6.45) is 4.86. The molecule has 2 fully saturated rings. The minimum absolute atomic E-state index is 0.0182. The fraction of sp³-hybridized carbons (Fsp3) is 0.786. The number of nitrogens with one attached hydrogen (secondary N) is 1. The first-order valence-corrected chi connectivity index (χ1v) is 9.60. The first-order chi connectivity index (χ1) is 10.4. The standard InChI is InChI=1S/C14H24N4O3S/c1-11-9-15-14(16-11)13-10-17(7-8-21-13)12-3-5-18(6-4-12)22(2,19)20/h9,12-13H,3-8,10H2,1-2H3,(H,15,16)/t13-/m1/s1. The fourth-order valence-electron chi connectivity index (χ4n) is 3.30. The van der Waals surface area contributed by atoms with Gasteiger partial charge in [-0.2, -0.15) is 0 Å². The summed E-state index contributed by atoms with van der Waals surface area (Å²) in [5, 5.41) is 0. The molecule has 0 bridgehead atoms. The van der Waals surface area contributed by atoms with E-state index in [0.29, 0.717) is 25.7 Å². The summed E-state index contributed by atoms with van der Waals surface area (Å²) in [5.41, 5.74) is 1.04. The van der Waals surface area contributed by atoms with Gasteiger partial charge < -0.3 is 9.72 Å². The molecule has 7 nitrogen and oxygen atoms in total. The number of piperidine rings is 1. The van der Waals surface area contributed by atoms with Gasteiger partial charge in [0.15, 0.2) is 0 Å². The van der Waals surface area contributed by atoms with Crippen LogP contribution in [-0.2, 0) is 14.8 Å². The van der Waals surface area contributed by atoms with Crippen LogP contribution in [0.1, 0.15) is 30.5 Å². The van der Waals surface area contributed by atoms with E-state index in [1.54, 1.807) is 4.31 Å². The largest absolute Gasteiger partial charge is 0.368 e. The molecule has 8 heteroatoms. The number of aromatic amines is 1. The van der Waals surface area contributed by atoms with Crippen molar-refractivity contribution >= 4 is 10.0 Å². The SMILES string of the molecule is Cc1cnc([C@H]2CN(C3CCN(S(C)(=O)=O)CC3)CCO2)[nH]1. The summed E-state index contributed by atoms with van der Waals surface area (Å²) < 4.78 is 30.6. The second-order valence-corrected chi connectivity index (χ2v) is 8.18. The number of aryl methyl sites for hydroxylation is 1. The van der Waals surface area contributed by atoms with Crippen LogP contribution in [0.5, 0.6) is 0 Å². The van der Waals surface area contributed by atoms with Crippen molar-refractivity contribution in [3.05, 3.63) is 17.7 Å². The van der Waals surface area contributed by atoms with Gasteiger partial charge in [-0.05, 0) is 19.8 Å². The lowest BCUT2D eigenvalue weighted by Gasteiger charge is -2.41. The van der Waals surface area contributed by atoms with Gasteiger partial charge in [0.25, 0.3) is 0 Å². The van der Waals surface area contributed by atoms with Crippen LogP contribution >= 0.6 is 0 Å². The molecular formula is C14H24N4O3S. The second-order valence-electron chi connectivity index (χ2n) is 6.20. The molecule has 0 unspecified atom stereocenters. The zero-order chi connectivity index (χ0) is 15.7. The van der Waals surface area contributed by atoms with E-state index in [-0.39, 0.29) is 6.10 Å². The lowest BCUT2D eigenvalue weighted by Crippen LogP contribution is -2.50. The van der Waals surface area contributed by atoms with Gasteiger partial charge in [0.05, 0.1) is 12.9 Å². The van der Waals surface area contributed by atoms with Crippen LogP contribution in [0, 0.1) is 6.92 Å². The average Bonchev–Trinajstić information content (AvgIpc) is 2.93. The minimum Gasteiger partial charge on any atom is -0.368 e. The summed E-state index contributed by atoms with van der Waals surface area (Å²) in [6, 6.07) is 0.431. The molecule has 0 spiro atoms. The molecule has 1 atom stereocenters. The van der Waals surface area contributed by atoms with Crippen LogP contribution < -0.4 is 0 Å². The van der Waals surface area contributed by atoms with Crippen LogP contribution in [0.15, 0.2) is 6.20 Å². The lowest BCUT2D eigenvalue weighted by molar-refractivity contribution is -0.0544. The molecule has 0 aliphatic carbocycles. The van der Waals surface area contributed by atoms with Crippen molar-refractivity contribution in [2.45, 2.75) is 31.9 Å². The predicted octanol–water partition coefficient (Wildman–Crippen LogP) is 0.515. The maximum atomic E-state index is 11.6. The Hall–Kier alpha value is -0.960. The Morgan fingerprint density at radius 2 is 2.05 bits per heavy atom. The third-order valence-electron chi connectivity index (χ3n) is 4.53. The Labute approximate surface area is 131 Å². The van der Waals surface area contributed by atoms with Crippen molar-refractivity contribution in [1.82, 2.24) is 19.2 Å². The molecule has 0 aromatic carbocycles. The molecule has 3 rings (SSSR count). The van der Waals surface area contributed by atoms with Crippen molar-refractivity contribution < 1.29 is 13.2 Å². The minimum atomic E-state index is -3.06. The average molecular weight is 328 g/mol. The van der Waals surface area contributed by atoms with E-state index in [4.69, 9.17) is 4.74 Å². The summed E-state index contributed by atoms with van der Waals surface area (Å²) in [5.74, 6) is 0.885. The van der Waals surface area contributed by atoms with Crippen molar-refractivity contribution in [3.63, 3.8) is 0 Å². The number of H-pyrrole nitrogens is 1. The molecule has 124 valence electrons. The predicted molar refractivity (Wildman–Crippen MR) is 83.0 cm³/mol. The van der Waals surface area contributed by atoms with Crippen molar-refractivity contribution in [1.29, 1.82) is 0 Å². The van der Waals surface area contributed by atoms with Crippen molar-refractivity contribution in [2.24, 2.45) is 0 Å². The lowest BCUT2D eigenvalue weighted by atomic mass is 10.0. The van der Waals surface area contributed by atoms with E-state index in [1.807, 2.05) is 13.1 Å². The number of imidazole rings is 1. The van der Waals surface area contributed by atoms with Gasteiger partial charge in [0.2, 0.25) is 10.0 Å². The van der Waals surface area contributed by atoms with E-state index in [9.17, 15) is 8.42 Å². The van der Waals surface area contributed by atoms with Gasteiger partial charge in [-0.3, -0.25) is 4.90 Å². The van der Waals surface area contributed by atoms with E-state index < -0.39 is 10.0 Å². The van der Waals surface area contributed by atoms with Crippen LogP contribution in [0.25, 0.3) is 0 Å². The second kappa shape index (κ2) is 6.27. The number of sulfonamides is 1. The number of nitrogens with zero attached hydrogens (tertiary/aromatic N) is 3. The summed E-state index contributed by atoms with van der Waals surface area (Å²) in [7, 11) is -3.06. The highest BCUT2D eigenvalue weighted by atomic mass is 32.2. The Morgan fingerprint density at radius 3 is 2.64 bits per heavy atom. The molecule has 1 aromatic heterocycles. The number of hydrogen-bond donors (Lipinski definition) is 1. The Balaban J connectivity index is 1.59. The molecule has 0 saturated carbocycles. The number of hydrogen-bond acceptors (Lipinski definition) is 5. The van der Waals surface area contributed by atoms with E-state index in [2.05, 4.69) is 14.9 Å². The van der Waals surface area contributed by atoms with E-state index in [1.165, 1.54) is 6.26 Å². The Morgan fingerprint density at radius 1 is 1.32 bits per heavy atom. The van der Waals surface area contributed by atoms with E-state index >= 15 is 0 Å². The van der Waals surface area contributed by atoms with Gasteiger partial charge in [-0.1, -0.05) is 0 Å². The Bertz CT molecular complexity index is 607. The van der Waals surface area contributed by atoms with Gasteiger partial charge in [0.1, 0.15) is 11.9 Å². The normalized spacial score (nSPS) is 26.4. The van der Waals surface area contributed by atoms with Crippen LogP contribution in [0.2, 0.25) is 0 Å². The van der Waals surface area contributed by atoms with Crippen LogP contribution in [0.4, 0.5) is 0 Å². The molecule has 22 heavy (non-hydrogen) atoms. The number of rotatable bonds is 3. The third kappa shape index (κ3) is 3.51. The summed E-state index contributed by atoms with van der Waals surface area (Å²) >= 11 is 0. The highest BCUT2D eigenvalue weighted by Gasteiger charge is 2.32. The zero-order valence-corrected chi connectivity index (χ0v) is 14.0. The highest BCUT2D eigenvalue weighted by molar-refractivity contribution is 7.88. The fourth-order valence-corrected chi connectivity index (χ4v) is 4.18. The molecule has 1 N–H and O–H groups in total. The smallest absolute Gasteiger partial charge is 0.211 e. The number of morpholine rings is 1. The number of ether oxygens (including phenoxy) is 1. The Kier molecular flexibility index (Phi) is 4.54. The summed E-state index contributed by atoms with van der Waals surface area (Å²) in [4.78, 5) is 10.0. The highest BCUT2D eigenvalue weighted by Crippen LogP contribution is 2.25. The number of aromatic nitrogens is 2. The van der Waals surface area contributed by atoms with Crippen LogP contribution in [0.3, 0.4) is 0 Å². The van der Waals surface area contributed by atoms with Gasteiger partial charge in [-0.15, -0.1) is 0 Å². The molecule has 3 heterocycles. The van der Waals surface area contributed by atoms with Gasteiger partial charge >= 0.3 is 0 Å². The first kappa shape index (κ1) is 15.9. The van der Waals surface area contributed by atoms with Crippen molar-refractivity contribution in [2.75, 3.05) is 39.0 Å². The maximum Gasteiger partial charge on any atom is 0.211 e. The molecule has 2 aliphatic heterocycles. The van der Waals surface area contributed by atoms with Gasteiger partial charge in [-0.25, -0.2) is 17.7 Å². The third-order valence-corrected chi connectivity index (χ3v) is 5.84. The molecule has 2 saturated heterocycles. The molecular weight excluding hydrogens is 304 g/mol. The molecule has 0 amide bonds. The first-order valence-electron chi connectivity index (χ1n) is 7.76. The summed E-state index contributed by atoms with van der Waals surface area (Å²) in [6.45, 7) is 5.63. The molecule has 2 aliphatic rings. The van der Waals surface area contributed by atoms with Crippen LogP contribution in [-0.4, -0.2) is 72.7 Å². The van der Waals surface area contributed by atoms with Crippen molar-refractivity contribution in [3.8, 4) is 0 Å². The quantitative estimate of drug-likeness (QED) is 0.875. The topological polar surface area (TPSA) is 78.5 Å². The van der Waals surface area contributed by atoms with E-state index in [0.717, 1.165) is 37.4 Å². The molecule has 0 radical (unpaired) electrons.